The van der Waals surface area contributed by atoms with Gasteiger partial charge in [-0.1, -0.05) is 19.1 Å². The molecule has 0 aliphatic rings. The Balaban J connectivity index is 1.72. The SMILES string of the molecule is CCN(CCOc1cc(C)cc(C)c1)CC(=O)NCc1cccs1. The van der Waals surface area contributed by atoms with Gasteiger partial charge in [0.05, 0.1) is 13.1 Å². The number of benzene rings is 1. The van der Waals surface area contributed by atoms with E-state index in [1.807, 2.05) is 29.6 Å². The van der Waals surface area contributed by atoms with Gasteiger partial charge in [-0.2, -0.15) is 0 Å². The molecule has 1 N–H and O–H groups in total. The average Bonchev–Trinajstić information content (AvgIpc) is 3.04. The van der Waals surface area contributed by atoms with Gasteiger partial charge in [0.2, 0.25) is 5.91 Å². The number of aryl methyl sites for hydroxylation is 2. The maximum Gasteiger partial charge on any atom is 0.234 e. The zero-order chi connectivity index (χ0) is 17.4. The Bertz CT molecular complexity index is 621. The zero-order valence-corrected chi connectivity index (χ0v) is 15.5. The minimum Gasteiger partial charge on any atom is -0.492 e. The van der Waals surface area contributed by atoms with E-state index < -0.39 is 0 Å². The molecule has 0 spiro atoms. The van der Waals surface area contributed by atoms with E-state index in [0.29, 0.717) is 19.7 Å². The maximum atomic E-state index is 12.0. The number of nitrogens with one attached hydrogen (secondary N) is 1. The lowest BCUT2D eigenvalue weighted by molar-refractivity contribution is -0.122. The van der Waals surface area contributed by atoms with Crippen LogP contribution in [0.15, 0.2) is 35.7 Å². The predicted octanol–water partition coefficient (Wildman–Crippen LogP) is 3.38. The Morgan fingerprint density at radius 2 is 2.00 bits per heavy atom. The highest BCUT2D eigenvalue weighted by molar-refractivity contribution is 7.09. The van der Waals surface area contributed by atoms with Crippen LogP contribution in [-0.2, 0) is 11.3 Å². The molecule has 1 aromatic carbocycles. The molecule has 0 radical (unpaired) electrons. The van der Waals surface area contributed by atoms with Gasteiger partial charge in [0.15, 0.2) is 0 Å². The van der Waals surface area contributed by atoms with Crippen LogP contribution in [-0.4, -0.2) is 37.0 Å². The normalized spacial score (nSPS) is 10.8. The van der Waals surface area contributed by atoms with E-state index in [0.717, 1.165) is 18.8 Å². The number of ether oxygens (including phenoxy) is 1. The van der Waals surface area contributed by atoms with Crippen molar-refractivity contribution in [1.29, 1.82) is 0 Å². The van der Waals surface area contributed by atoms with E-state index in [-0.39, 0.29) is 5.91 Å². The van der Waals surface area contributed by atoms with Crippen molar-refractivity contribution in [2.45, 2.75) is 27.3 Å². The van der Waals surface area contributed by atoms with Crippen molar-refractivity contribution in [1.82, 2.24) is 10.2 Å². The quantitative estimate of drug-likeness (QED) is 0.757. The van der Waals surface area contributed by atoms with Crippen LogP contribution in [0.2, 0.25) is 0 Å². The van der Waals surface area contributed by atoms with Crippen LogP contribution >= 0.6 is 11.3 Å². The van der Waals surface area contributed by atoms with E-state index in [1.54, 1.807) is 11.3 Å². The van der Waals surface area contributed by atoms with Gasteiger partial charge >= 0.3 is 0 Å². The lowest BCUT2D eigenvalue weighted by atomic mass is 10.1. The fourth-order valence-electron chi connectivity index (χ4n) is 2.52. The molecule has 0 atom stereocenters. The minimum atomic E-state index is 0.0525. The first-order valence-electron chi connectivity index (χ1n) is 8.29. The number of carbonyl (C=O) groups is 1. The fraction of sp³-hybridized carbons (Fsp3) is 0.421. The molecule has 2 rings (SSSR count). The number of amides is 1. The van der Waals surface area contributed by atoms with Gasteiger partial charge in [0.25, 0.3) is 0 Å². The van der Waals surface area contributed by atoms with Gasteiger partial charge < -0.3 is 10.1 Å². The highest BCUT2D eigenvalue weighted by atomic mass is 32.1. The van der Waals surface area contributed by atoms with E-state index in [1.165, 1.54) is 16.0 Å². The first-order chi connectivity index (χ1) is 11.6. The maximum absolute atomic E-state index is 12.0. The Labute approximate surface area is 148 Å². The van der Waals surface area contributed by atoms with Crippen LogP contribution in [0.25, 0.3) is 0 Å². The van der Waals surface area contributed by atoms with E-state index in [4.69, 9.17) is 4.74 Å². The summed E-state index contributed by atoms with van der Waals surface area (Å²) in [6.07, 6.45) is 0. The number of hydrogen-bond donors (Lipinski definition) is 1. The summed E-state index contributed by atoms with van der Waals surface area (Å²) in [5.41, 5.74) is 2.40. The summed E-state index contributed by atoms with van der Waals surface area (Å²) >= 11 is 1.65. The number of rotatable bonds is 9. The van der Waals surface area contributed by atoms with Crippen LogP contribution in [0.3, 0.4) is 0 Å². The minimum absolute atomic E-state index is 0.0525. The van der Waals surface area contributed by atoms with Crippen molar-refractivity contribution >= 4 is 17.2 Å². The number of carbonyl (C=O) groups excluding carboxylic acids is 1. The summed E-state index contributed by atoms with van der Waals surface area (Å²) in [7, 11) is 0. The summed E-state index contributed by atoms with van der Waals surface area (Å²) in [6.45, 7) is 9.33. The first kappa shape index (κ1) is 18.5. The Morgan fingerprint density at radius 3 is 2.62 bits per heavy atom. The molecule has 130 valence electrons. The lowest BCUT2D eigenvalue weighted by Gasteiger charge is -2.20. The van der Waals surface area contributed by atoms with Crippen LogP contribution in [0.4, 0.5) is 0 Å². The number of hydrogen-bond acceptors (Lipinski definition) is 4. The van der Waals surface area contributed by atoms with Crippen LogP contribution < -0.4 is 10.1 Å². The molecule has 0 aliphatic heterocycles. The number of thiophene rings is 1. The largest absolute Gasteiger partial charge is 0.492 e. The topological polar surface area (TPSA) is 41.6 Å². The number of likely N-dealkylation sites (N-methyl/N-ethyl adjacent to an activating group) is 1. The lowest BCUT2D eigenvalue weighted by Crippen LogP contribution is -2.38. The molecule has 24 heavy (non-hydrogen) atoms. The van der Waals surface area contributed by atoms with Crippen LogP contribution in [0.1, 0.15) is 22.9 Å². The third-order valence-corrected chi connectivity index (χ3v) is 4.60. The van der Waals surface area contributed by atoms with Crippen molar-refractivity contribution in [3.05, 3.63) is 51.7 Å². The predicted molar refractivity (Wildman–Crippen MR) is 99.7 cm³/mol. The Hall–Kier alpha value is -1.85. The second-order valence-electron chi connectivity index (χ2n) is 5.90. The summed E-state index contributed by atoms with van der Waals surface area (Å²) < 4.78 is 5.83. The molecule has 0 saturated carbocycles. The average molecular weight is 346 g/mol. The molecule has 1 amide bonds. The van der Waals surface area contributed by atoms with Crippen molar-refractivity contribution in [3.8, 4) is 5.75 Å². The van der Waals surface area contributed by atoms with Crippen molar-refractivity contribution in [3.63, 3.8) is 0 Å². The Morgan fingerprint density at radius 1 is 1.25 bits per heavy atom. The molecule has 0 bridgehead atoms. The van der Waals surface area contributed by atoms with E-state index in [2.05, 4.69) is 37.1 Å². The second kappa shape index (κ2) is 9.45. The van der Waals surface area contributed by atoms with Gasteiger partial charge in [-0.25, -0.2) is 0 Å². The molecule has 0 aliphatic carbocycles. The summed E-state index contributed by atoms with van der Waals surface area (Å²) in [5, 5.41) is 4.98. The van der Waals surface area contributed by atoms with Gasteiger partial charge in [0.1, 0.15) is 12.4 Å². The molecular weight excluding hydrogens is 320 g/mol. The third kappa shape index (κ3) is 6.34. The molecule has 0 fully saturated rings. The summed E-state index contributed by atoms with van der Waals surface area (Å²) in [4.78, 5) is 15.3. The molecule has 1 heterocycles. The smallest absolute Gasteiger partial charge is 0.234 e. The molecule has 2 aromatic rings. The summed E-state index contributed by atoms with van der Waals surface area (Å²) in [5.74, 6) is 0.947. The van der Waals surface area contributed by atoms with Crippen LogP contribution in [0, 0.1) is 13.8 Å². The van der Waals surface area contributed by atoms with Gasteiger partial charge in [-0.15, -0.1) is 11.3 Å². The van der Waals surface area contributed by atoms with Gasteiger partial charge in [0, 0.05) is 11.4 Å². The van der Waals surface area contributed by atoms with Gasteiger partial charge in [-0.3, -0.25) is 9.69 Å². The monoisotopic (exact) mass is 346 g/mol. The molecular formula is C19H26N2O2S. The summed E-state index contributed by atoms with van der Waals surface area (Å²) in [6, 6.07) is 10.2. The third-order valence-electron chi connectivity index (χ3n) is 3.73. The Kier molecular flexibility index (Phi) is 7.28. The van der Waals surface area contributed by atoms with Crippen molar-refractivity contribution < 1.29 is 9.53 Å². The van der Waals surface area contributed by atoms with Gasteiger partial charge in [-0.05, 0) is 55.1 Å². The molecule has 1 aromatic heterocycles. The van der Waals surface area contributed by atoms with E-state index >= 15 is 0 Å². The standard InChI is InChI=1S/C19H26N2O2S/c1-4-21(14-19(22)20-13-18-6-5-9-24-18)7-8-23-17-11-15(2)10-16(3)12-17/h5-6,9-12H,4,7-8,13-14H2,1-3H3,(H,20,22). The highest BCUT2D eigenvalue weighted by Gasteiger charge is 2.09. The highest BCUT2D eigenvalue weighted by Crippen LogP contribution is 2.16. The van der Waals surface area contributed by atoms with E-state index in [9.17, 15) is 4.79 Å². The molecule has 4 nitrogen and oxygen atoms in total. The second-order valence-corrected chi connectivity index (χ2v) is 6.93. The van der Waals surface area contributed by atoms with Crippen molar-refractivity contribution in [2.75, 3.05) is 26.2 Å². The van der Waals surface area contributed by atoms with Crippen LogP contribution in [0.5, 0.6) is 5.75 Å². The number of nitrogens with zero attached hydrogens (tertiary/aromatic N) is 1. The first-order valence-corrected chi connectivity index (χ1v) is 9.17. The van der Waals surface area contributed by atoms with Crippen molar-refractivity contribution in [2.24, 2.45) is 0 Å². The fourth-order valence-corrected chi connectivity index (χ4v) is 3.16. The molecule has 0 saturated heterocycles. The zero-order valence-electron chi connectivity index (χ0n) is 14.7. The molecule has 0 unspecified atom stereocenters. The molecule has 5 heteroatoms.